The molecule has 0 spiro atoms. The molecule has 0 unspecified atom stereocenters. The van der Waals surface area contributed by atoms with Crippen molar-refractivity contribution in [2.24, 2.45) is 5.92 Å². The number of fused-ring (bicyclic) bond motifs is 1. The number of amides is 2. The molecule has 1 aromatic carbocycles. The van der Waals surface area contributed by atoms with E-state index in [9.17, 15) is 18.0 Å². The van der Waals surface area contributed by atoms with E-state index < -0.39 is 10.0 Å². The van der Waals surface area contributed by atoms with Crippen LogP contribution in [0.3, 0.4) is 0 Å². The van der Waals surface area contributed by atoms with Gasteiger partial charge in [-0.25, -0.2) is 13.1 Å². The van der Waals surface area contributed by atoms with Crippen LogP contribution in [0.4, 0.5) is 5.69 Å². The Morgan fingerprint density at radius 1 is 1.20 bits per heavy atom. The van der Waals surface area contributed by atoms with Crippen LogP contribution in [0.2, 0.25) is 0 Å². The predicted octanol–water partition coefficient (Wildman–Crippen LogP) is 2.52. The minimum absolute atomic E-state index is 0.0159. The normalized spacial score (nSPS) is 24.1. The van der Waals surface area contributed by atoms with Crippen LogP contribution in [0.1, 0.15) is 46.0 Å². The van der Waals surface area contributed by atoms with Crippen molar-refractivity contribution in [1.82, 2.24) is 10.0 Å². The highest BCUT2D eigenvalue weighted by Gasteiger charge is 2.34. The summed E-state index contributed by atoms with van der Waals surface area (Å²) in [7, 11) is -3.17. The van der Waals surface area contributed by atoms with Crippen molar-refractivity contribution in [3.63, 3.8) is 0 Å². The van der Waals surface area contributed by atoms with Gasteiger partial charge in [0.1, 0.15) is 6.54 Å². The van der Waals surface area contributed by atoms with Gasteiger partial charge in [0, 0.05) is 28.6 Å². The molecule has 0 saturated heterocycles. The van der Waals surface area contributed by atoms with Crippen LogP contribution >= 0.6 is 11.8 Å². The van der Waals surface area contributed by atoms with Crippen molar-refractivity contribution in [3.05, 3.63) is 24.3 Å². The molecule has 9 heteroatoms. The first-order valence-corrected chi connectivity index (χ1v) is 13.1. The molecule has 2 amide bonds. The Morgan fingerprint density at radius 2 is 1.87 bits per heavy atom. The van der Waals surface area contributed by atoms with Crippen LogP contribution < -0.4 is 14.9 Å². The molecule has 1 saturated carbocycles. The SMILES string of the molecule is CC1(C)CC(=O)N(CC(=O)NC2CCC(CNS(C)(=O)=O)CC2)c2ccccc2S1. The highest BCUT2D eigenvalue weighted by atomic mass is 32.2. The fourth-order valence-corrected chi connectivity index (χ4v) is 5.82. The minimum Gasteiger partial charge on any atom is -0.352 e. The van der Waals surface area contributed by atoms with Crippen molar-refractivity contribution in [2.75, 3.05) is 24.2 Å². The summed E-state index contributed by atoms with van der Waals surface area (Å²) in [6.07, 6.45) is 4.90. The molecular weight excluding hydrogens is 422 g/mol. The molecule has 0 aromatic heterocycles. The standard InChI is InChI=1S/C21H31N3O4S2/c1-21(2)12-20(26)24(17-6-4-5-7-18(17)29-21)14-19(25)23-16-10-8-15(9-11-16)13-22-30(3,27)28/h4-7,15-16,22H,8-14H2,1-3H3,(H,23,25). The molecule has 1 heterocycles. The molecule has 7 nitrogen and oxygen atoms in total. The fourth-order valence-electron chi connectivity index (χ4n) is 4.06. The van der Waals surface area contributed by atoms with Crippen LogP contribution in [0.25, 0.3) is 0 Å². The first-order valence-electron chi connectivity index (χ1n) is 10.3. The minimum atomic E-state index is -3.17. The summed E-state index contributed by atoms with van der Waals surface area (Å²) in [5.74, 6) is 0.106. The van der Waals surface area contributed by atoms with E-state index in [2.05, 4.69) is 10.0 Å². The van der Waals surface area contributed by atoms with E-state index in [1.165, 1.54) is 6.26 Å². The Morgan fingerprint density at radius 3 is 2.53 bits per heavy atom. The number of carbonyl (C=O) groups is 2. The third kappa shape index (κ3) is 6.46. The van der Waals surface area contributed by atoms with Gasteiger partial charge in [-0.3, -0.25) is 9.59 Å². The molecule has 1 fully saturated rings. The van der Waals surface area contributed by atoms with E-state index in [1.807, 2.05) is 38.1 Å². The molecule has 2 aliphatic rings. The van der Waals surface area contributed by atoms with Gasteiger partial charge in [-0.15, -0.1) is 11.8 Å². The van der Waals surface area contributed by atoms with Crippen molar-refractivity contribution >= 4 is 39.3 Å². The third-order valence-electron chi connectivity index (χ3n) is 5.57. The second kappa shape index (κ2) is 9.28. The zero-order valence-electron chi connectivity index (χ0n) is 17.8. The quantitative estimate of drug-likeness (QED) is 0.690. The summed E-state index contributed by atoms with van der Waals surface area (Å²) in [4.78, 5) is 28.3. The fraction of sp³-hybridized carbons (Fsp3) is 0.619. The van der Waals surface area contributed by atoms with Crippen LogP contribution in [0.5, 0.6) is 0 Å². The topological polar surface area (TPSA) is 95.6 Å². The second-order valence-electron chi connectivity index (χ2n) is 8.89. The monoisotopic (exact) mass is 453 g/mol. The Labute approximate surface area is 183 Å². The van der Waals surface area contributed by atoms with Gasteiger partial charge < -0.3 is 10.2 Å². The van der Waals surface area contributed by atoms with Gasteiger partial charge in [0.25, 0.3) is 0 Å². The van der Waals surface area contributed by atoms with E-state index in [-0.39, 0.29) is 29.1 Å². The third-order valence-corrected chi connectivity index (χ3v) is 7.52. The van der Waals surface area contributed by atoms with Crippen molar-refractivity contribution in [1.29, 1.82) is 0 Å². The molecule has 0 atom stereocenters. The number of anilines is 1. The summed E-state index contributed by atoms with van der Waals surface area (Å²) >= 11 is 1.67. The van der Waals surface area contributed by atoms with E-state index >= 15 is 0 Å². The highest BCUT2D eigenvalue weighted by Crippen LogP contribution is 2.43. The zero-order chi connectivity index (χ0) is 21.9. The number of hydrogen-bond donors (Lipinski definition) is 2. The maximum absolute atomic E-state index is 12.9. The summed E-state index contributed by atoms with van der Waals surface area (Å²) in [6.45, 7) is 4.56. The van der Waals surface area contributed by atoms with Crippen molar-refractivity contribution in [3.8, 4) is 0 Å². The number of carbonyl (C=O) groups excluding carboxylic acids is 2. The Hall–Kier alpha value is -1.58. The highest BCUT2D eigenvalue weighted by molar-refractivity contribution is 8.00. The number of rotatable bonds is 6. The Kier molecular flexibility index (Phi) is 7.14. The number of hydrogen-bond acceptors (Lipinski definition) is 5. The summed E-state index contributed by atoms with van der Waals surface area (Å²) in [6, 6.07) is 7.80. The number of sulfonamides is 1. The maximum atomic E-state index is 12.9. The molecule has 1 aromatic rings. The Bertz CT molecular complexity index is 893. The smallest absolute Gasteiger partial charge is 0.240 e. The van der Waals surface area contributed by atoms with E-state index in [1.54, 1.807) is 16.7 Å². The second-order valence-corrected chi connectivity index (χ2v) is 12.5. The van der Waals surface area contributed by atoms with Crippen LogP contribution in [0, 0.1) is 5.92 Å². The predicted molar refractivity (Wildman–Crippen MR) is 120 cm³/mol. The lowest BCUT2D eigenvalue weighted by Crippen LogP contribution is -2.46. The number of thioether (sulfide) groups is 1. The summed E-state index contributed by atoms with van der Waals surface area (Å²) in [5, 5.41) is 3.07. The van der Waals surface area contributed by atoms with E-state index in [0.717, 1.165) is 36.3 Å². The molecule has 166 valence electrons. The number of para-hydroxylation sites is 1. The van der Waals surface area contributed by atoms with Crippen LogP contribution in [-0.4, -0.2) is 50.4 Å². The average Bonchev–Trinajstić information content (AvgIpc) is 2.73. The average molecular weight is 454 g/mol. The zero-order valence-corrected chi connectivity index (χ0v) is 19.4. The van der Waals surface area contributed by atoms with Crippen molar-refractivity contribution in [2.45, 2.75) is 61.6 Å². The van der Waals surface area contributed by atoms with Gasteiger partial charge in [-0.1, -0.05) is 12.1 Å². The Balaban J connectivity index is 1.57. The van der Waals surface area contributed by atoms with Gasteiger partial charge in [0.15, 0.2) is 0 Å². The van der Waals surface area contributed by atoms with Crippen LogP contribution in [-0.2, 0) is 19.6 Å². The van der Waals surface area contributed by atoms with Gasteiger partial charge >= 0.3 is 0 Å². The van der Waals surface area contributed by atoms with Crippen LogP contribution in [0.15, 0.2) is 29.2 Å². The van der Waals surface area contributed by atoms with E-state index in [4.69, 9.17) is 0 Å². The van der Waals surface area contributed by atoms with Gasteiger partial charge in [-0.2, -0.15) is 0 Å². The van der Waals surface area contributed by atoms with Gasteiger partial charge in [0.05, 0.1) is 11.9 Å². The molecule has 30 heavy (non-hydrogen) atoms. The lowest BCUT2D eigenvalue weighted by atomic mass is 9.86. The lowest BCUT2D eigenvalue weighted by Gasteiger charge is -2.30. The molecule has 3 rings (SSSR count). The van der Waals surface area contributed by atoms with Gasteiger partial charge in [-0.05, 0) is 57.6 Å². The lowest BCUT2D eigenvalue weighted by molar-refractivity contribution is -0.124. The van der Waals surface area contributed by atoms with Gasteiger partial charge in [0.2, 0.25) is 21.8 Å². The molecule has 0 radical (unpaired) electrons. The number of nitrogens with zero attached hydrogens (tertiary/aromatic N) is 1. The molecule has 1 aliphatic carbocycles. The maximum Gasteiger partial charge on any atom is 0.240 e. The first kappa shape index (κ1) is 23.1. The van der Waals surface area contributed by atoms with E-state index in [0.29, 0.717) is 18.9 Å². The molecule has 0 bridgehead atoms. The number of benzene rings is 1. The molecular formula is C21H31N3O4S2. The number of nitrogens with one attached hydrogen (secondary N) is 2. The summed E-state index contributed by atoms with van der Waals surface area (Å²) in [5.41, 5.74) is 0.795. The molecule has 2 N–H and O–H groups in total. The van der Waals surface area contributed by atoms with Crippen molar-refractivity contribution < 1.29 is 18.0 Å². The summed E-state index contributed by atoms with van der Waals surface area (Å²) < 4.78 is 24.8. The largest absolute Gasteiger partial charge is 0.352 e. The first-order chi connectivity index (χ1) is 14.0. The molecule has 1 aliphatic heterocycles.